The fraction of sp³-hybridized carbons (Fsp3) is 0.476. The van der Waals surface area contributed by atoms with E-state index in [1.165, 1.54) is 6.42 Å². The van der Waals surface area contributed by atoms with Crippen molar-refractivity contribution in [3.63, 3.8) is 0 Å². The maximum absolute atomic E-state index is 12.5. The second kappa shape index (κ2) is 7.48. The minimum Gasteiger partial charge on any atom is -0.426 e. The molecule has 7 nitrogen and oxygen atoms in total. The molecule has 28 heavy (non-hydrogen) atoms. The molecule has 2 N–H and O–H groups in total. The van der Waals surface area contributed by atoms with Crippen molar-refractivity contribution in [3.05, 3.63) is 42.0 Å². The number of furan rings is 1. The van der Waals surface area contributed by atoms with Gasteiger partial charge in [0, 0.05) is 48.9 Å². The number of amides is 1. The third-order valence-electron chi connectivity index (χ3n) is 5.84. The summed E-state index contributed by atoms with van der Waals surface area (Å²) in [5.74, 6) is 1.83. The number of fused-ring (bicyclic) bond motifs is 2. The maximum Gasteiger partial charge on any atom is 0.291 e. The summed E-state index contributed by atoms with van der Waals surface area (Å²) in [4.78, 5) is 14.6. The van der Waals surface area contributed by atoms with Gasteiger partial charge in [0.15, 0.2) is 5.88 Å². The van der Waals surface area contributed by atoms with E-state index < -0.39 is 0 Å². The number of nitrogens with zero attached hydrogens (tertiary/aromatic N) is 1. The van der Waals surface area contributed by atoms with Gasteiger partial charge in [-0.1, -0.05) is 0 Å². The number of nitrogens with one attached hydrogen (secondary N) is 2. The molecule has 2 bridgehead atoms. The van der Waals surface area contributed by atoms with Crippen LogP contribution in [0.15, 0.2) is 40.8 Å². The maximum atomic E-state index is 12.5. The summed E-state index contributed by atoms with van der Waals surface area (Å²) < 4.78 is 16.9. The topological polar surface area (TPSA) is 76.0 Å². The quantitative estimate of drug-likeness (QED) is 0.826. The smallest absolute Gasteiger partial charge is 0.291 e. The monoisotopic (exact) mass is 383 g/mol. The molecule has 0 aliphatic carbocycles. The predicted octanol–water partition coefficient (Wildman–Crippen LogP) is 2.53. The van der Waals surface area contributed by atoms with Crippen LogP contribution in [0.25, 0.3) is 0 Å². The summed E-state index contributed by atoms with van der Waals surface area (Å²) >= 11 is 0. The zero-order chi connectivity index (χ0) is 18.9. The minimum atomic E-state index is -0.0292. The molecule has 2 aromatic rings. The van der Waals surface area contributed by atoms with E-state index in [1.807, 2.05) is 12.1 Å². The first-order chi connectivity index (χ1) is 13.7. The molecule has 0 radical (unpaired) electrons. The first kappa shape index (κ1) is 17.6. The normalized spacial score (nSPS) is 26.4. The number of carbonyl (C=O) groups excluding carboxylic acids is 1. The minimum absolute atomic E-state index is 0.0292. The van der Waals surface area contributed by atoms with Crippen LogP contribution in [0.1, 0.15) is 29.6 Å². The van der Waals surface area contributed by atoms with Gasteiger partial charge < -0.3 is 29.4 Å². The number of hydrogen-bond acceptors (Lipinski definition) is 6. The van der Waals surface area contributed by atoms with Gasteiger partial charge in [-0.2, -0.15) is 0 Å². The van der Waals surface area contributed by atoms with Gasteiger partial charge in [0.05, 0.1) is 13.2 Å². The number of benzene rings is 1. The van der Waals surface area contributed by atoms with E-state index in [0.717, 1.165) is 31.8 Å². The number of morpholine rings is 1. The Bertz CT molecular complexity index is 828. The average molecular weight is 383 g/mol. The fourth-order valence-corrected chi connectivity index (χ4v) is 4.34. The van der Waals surface area contributed by atoms with E-state index in [1.54, 1.807) is 24.3 Å². The molecule has 3 aliphatic heterocycles. The van der Waals surface area contributed by atoms with Crippen LogP contribution in [0.2, 0.25) is 0 Å². The molecular weight excluding hydrogens is 358 g/mol. The molecule has 1 amide bonds. The lowest BCUT2D eigenvalue weighted by Crippen LogP contribution is -2.42. The van der Waals surface area contributed by atoms with Crippen LogP contribution in [0.4, 0.5) is 5.88 Å². The molecule has 3 aliphatic rings. The van der Waals surface area contributed by atoms with E-state index in [4.69, 9.17) is 13.9 Å². The Kier molecular flexibility index (Phi) is 4.70. The zero-order valence-electron chi connectivity index (χ0n) is 15.7. The third kappa shape index (κ3) is 3.59. The van der Waals surface area contributed by atoms with Crippen LogP contribution in [-0.2, 0) is 4.74 Å². The Labute approximate surface area is 164 Å². The lowest BCUT2D eigenvalue weighted by atomic mass is 9.95. The molecule has 3 fully saturated rings. The number of anilines is 1. The van der Waals surface area contributed by atoms with Crippen molar-refractivity contribution >= 4 is 11.8 Å². The highest BCUT2D eigenvalue weighted by Crippen LogP contribution is 2.30. The molecule has 1 aromatic carbocycles. The SMILES string of the molecule is O=C(N[C@@H]1C[C@H]2CC[C@@H]1N2)c1ccc(Oc2ccc(N3CCOCC3)o2)cc1. The van der Waals surface area contributed by atoms with Gasteiger partial charge in [0.25, 0.3) is 11.9 Å². The van der Waals surface area contributed by atoms with Crippen LogP contribution >= 0.6 is 0 Å². The molecule has 4 heterocycles. The van der Waals surface area contributed by atoms with E-state index >= 15 is 0 Å². The second-order valence-corrected chi connectivity index (χ2v) is 7.68. The van der Waals surface area contributed by atoms with Crippen molar-refractivity contribution in [1.82, 2.24) is 10.6 Å². The third-order valence-corrected chi connectivity index (χ3v) is 5.84. The Hall–Kier alpha value is -2.51. The average Bonchev–Trinajstić information content (AvgIpc) is 3.46. The first-order valence-electron chi connectivity index (χ1n) is 10.0. The lowest BCUT2D eigenvalue weighted by molar-refractivity contribution is 0.0931. The molecule has 7 heteroatoms. The highest BCUT2D eigenvalue weighted by molar-refractivity contribution is 5.94. The van der Waals surface area contributed by atoms with Gasteiger partial charge >= 0.3 is 0 Å². The predicted molar refractivity (Wildman–Crippen MR) is 104 cm³/mol. The highest BCUT2D eigenvalue weighted by Gasteiger charge is 2.39. The molecule has 0 unspecified atom stereocenters. The Morgan fingerprint density at radius 1 is 1.11 bits per heavy atom. The van der Waals surface area contributed by atoms with E-state index in [0.29, 0.717) is 42.6 Å². The molecule has 0 spiro atoms. The van der Waals surface area contributed by atoms with Gasteiger partial charge in [-0.15, -0.1) is 0 Å². The zero-order valence-corrected chi connectivity index (χ0v) is 15.7. The molecular formula is C21H25N3O4. The van der Waals surface area contributed by atoms with E-state index in [2.05, 4.69) is 15.5 Å². The van der Waals surface area contributed by atoms with Crippen LogP contribution in [0.5, 0.6) is 11.7 Å². The van der Waals surface area contributed by atoms with Crippen molar-refractivity contribution in [2.75, 3.05) is 31.2 Å². The lowest BCUT2D eigenvalue weighted by Gasteiger charge is -2.25. The van der Waals surface area contributed by atoms with Crippen LogP contribution < -0.4 is 20.3 Å². The van der Waals surface area contributed by atoms with Crippen molar-refractivity contribution in [1.29, 1.82) is 0 Å². The number of rotatable bonds is 5. The number of hydrogen-bond donors (Lipinski definition) is 2. The van der Waals surface area contributed by atoms with Crippen LogP contribution in [0, 0.1) is 0 Å². The van der Waals surface area contributed by atoms with Crippen molar-refractivity contribution in [3.8, 4) is 11.7 Å². The van der Waals surface area contributed by atoms with E-state index in [-0.39, 0.29) is 11.9 Å². The summed E-state index contributed by atoms with van der Waals surface area (Å²) in [6.45, 7) is 3.04. The largest absolute Gasteiger partial charge is 0.426 e. The highest BCUT2D eigenvalue weighted by atomic mass is 16.6. The second-order valence-electron chi connectivity index (χ2n) is 7.68. The Balaban J connectivity index is 1.18. The summed E-state index contributed by atoms with van der Waals surface area (Å²) in [5.41, 5.74) is 0.642. The van der Waals surface area contributed by atoms with E-state index in [9.17, 15) is 4.79 Å². The number of carbonyl (C=O) groups is 1. The Morgan fingerprint density at radius 3 is 2.64 bits per heavy atom. The van der Waals surface area contributed by atoms with Gasteiger partial charge in [-0.05, 0) is 43.5 Å². The van der Waals surface area contributed by atoms with Crippen LogP contribution in [-0.4, -0.2) is 50.3 Å². The molecule has 5 rings (SSSR count). The number of ether oxygens (including phenoxy) is 2. The summed E-state index contributed by atoms with van der Waals surface area (Å²) in [7, 11) is 0. The Morgan fingerprint density at radius 2 is 1.93 bits per heavy atom. The van der Waals surface area contributed by atoms with Crippen molar-refractivity contribution in [2.24, 2.45) is 0 Å². The molecule has 3 saturated heterocycles. The van der Waals surface area contributed by atoms with Crippen molar-refractivity contribution < 1.29 is 18.7 Å². The fourth-order valence-electron chi connectivity index (χ4n) is 4.34. The molecule has 0 saturated carbocycles. The van der Waals surface area contributed by atoms with Gasteiger partial charge in [-0.25, -0.2) is 0 Å². The summed E-state index contributed by atoms with van der Waals surface area (Å²) in [6, 6.07) is 12.1. The molecule has 1 aromatic heterocycles. The summed E-state index contributed by atoms with van der Waals surface area (Å²) in [6.07, 6.45) is 3.41. The first-order valence-corrected chi connectivity index (χ1v) is 10.0. The van der Waals surface area contributed by atoms with Crippen LogP contribution in [0.3, 0.4) is 0 Å². The molecule has 148 valence electrons. The van der Waals surface area contributed by atoms with Gasteiger partial charge in [-0.3, -0.25) is 4.79 Å². The standard InChI is InChI=1S/C21H25N3O4/c25-21(23-18-13-15-3-6-17(18)22-15)14-1-4-16(5-2-14)27-20-8-7-19(28-20)24-9-11-26-12-10-24/h1-2,4-5,7-8,15,17-18,22H,3,6,9-13H2,(H,23,25)/t15-,17+,18-/m1/s1. The van der Waals surface area contributed by atoms with Gasteiger partial charge in [0.1, 0.15) is 5.75 Å². The summed E-state index contributed by atoms with van der Waals surface area (Å²) in [5, 5.41) is 6.70. The molecule has 3 atom stereocenters. The van der Waals surface area contributed by atoms with Crippen molar-refractivity contribution in [2.45, 2.75) is 37.4 Å². The van der Waals surface area contributed by atoms with Gasteiger partial charge in [0.2, 0.25) is 0 Å².